The largest absolute Gasteiger partial charge is 0.477 e. The van der Waals surface area contributed by atoms with Crippen molar-refractivity contribution in [3.63, 3.8) is 0 Å². The van der Waals surface area contributed by atoms with Gasteiger partial charge in [0.25, 0.3) is 0 Å². The Morgan fingerprint density at radius 1 is 1.48 bits per heavy atom. The topological polar surface area (TPSA) is 114 Å². The Hall–Kier alpha value is -2.26. The minimum Gasteiger partial charge on any atom is -0.477 e. The minimum atomic E-state index is -3.81. The van der Waals surface area contributed by atoms with Crippen molar-refractivity contribution < 1.29 is 18.3 Å². The van der Waals surface area contributed by atoms with Crippen LogP contribution in [0.25, 0.3) is 0 Å². The van der Waals surface area contributed by atoms with Gasteiger partial charge < -0.3 is 9.67 Å². The Morgan fingerprint density at radius 3 is 2.76 bits per heavy atom. The van der Waals surface area contributed by atoms with Crippen LogP contribution in [0.2, 0.25) is 0 Å². The van der Waals surface area contributed by atoms with Gasteiger partial charge in [-0.1, -0.05) is 0 Å². The van der Waals surface area contributed by atoms with Crippen LogP contribution in [0.1, 0.15) is 23.1 Å². The van der Waals surface area contributed by atoms with E-state index in [-0.39, 0.29) is 17.1 Å². The van der Waals surface area contributed by atoms with Crippen molar-refractivity contribution in [2.24, 2.45) is 0 Å². The normalized spacial score (nSPS) is 11.5. The van der Waals surface area contributed by atoms with E-state index < -0.39 is 16.0 Å². The molecule has 8 nitrogen and oxygen atoms in total. The summed E-state index contributed by atoms with van der Waals surface area (Å²) in [5, 5.41) is 16.4. The number of aromatic nitrogens is 3. The van der Waals surface area contributed by atoms with Crippen LogP contribution in [0.3, 0.4) is 0 Å². The van der Waals surface area contributed by atoms with Crippen LogP contribution in [0.15, 0.2) is 35.5 Å². The molecule has 0 aliphatic heterocycles. The van der Waals surface area contributed by atoms with Gasteiger partial charge in [0.2, 0.25) is 10.0 Å². The highest BCUT2D eigenvalue weighted by Gasteiger charge is 2.20. The van der Waals surface area contributed by atoms with Crippen LogP contribution in [0, 0.1) is 0 Å². The van der Waals surface area contributed by atoms with Crippen LogP contribution in [-0.4, -0.2) is 34.3 Å². The van der Waals surface area contributed by atoms with Gasteiger partial charge in [0.1, 0.15) is 10.6 Å². The summed E-state index contributed by atoms with van der Waals surface area (Å²) in [6.45, 7) is 2.08. The number of nitrogens with one attached hydrogen (secondary N) is 1. The maximum Gasteiger partial charge on any atom is 0.352 e. The first kappa shape index (κ1) is 15.1. The number of carbonyl (C=O) groups is 1. The number of nitrogens with zero attached hydrogens (tertiary/aromatic N) is 3. The van der Waals surface area contributed by atoms with Crippen molar-refractivity contribution in [2.75, 3.05) is 0 Å². The molecule has 0 aliphatic carbocycles. The van der Waals surface area contributed by atoms with Gasteiger partial charge in [-0.05, 0) is 25.1 Å². The molecule has 0 spiro atoms. The van der Waals surface area contributed by atoms with E-state index in [2.05, 4.69) is 14.9 Å². The van der Waals surface area contributed by atoms with Crippen LogP contribution >= 0.6 is 0 Å². The number of aryl methyl sites for hydroxylation is 1. The summed E-state index contributed by atoms with van der Waals surface area (Å²) in [5.41, 5.74) is 0.395. The lowest BCUT2D eigenvalue weighted by Crippen LogP contribution is -2.23. The summed E-state index contributed by atoms with van der Waals surface area (Å²) < 4.78 is 28.0. The van der Waals surface area contributed by atoms with Gasteiger partial charge in [-0.15, -0.1) is 0 Å². The molecule has 0 fully saturated rings. The molecule has 0 atom stereocenters. The van der Waals surface area contributed by atoms with Crippen molar-refractivity contribution in [1.29, 1.82) is 0 Å². The molecular weight excluding hydrogens is 296 g/mol. The maximum absolute atomic E-state index is 12.1. The lowest BCUT2D eigenvalue weighted by Gasteiger charge is -2.03. The molecular formula is C12H14N4O4S. The zero-order chi connectivity index (χ0) is 15.5. The molecule has 0 amide bonds. The third-order valence-electron chi connectivity index (χ3n) is 2.81. The average molecular weight is 310 g/mol. The lowest BCUT2D eigenvalue weighted by molar-refractivity contribution is 0.0685. The molecule has 2 aromatic rings. The predicted octanol–water partition coefficient (Wildman–Crippen LogP) is 0.475. The van der Waals surface area contributed by atoms with E-state index in [1.807, 2.05) is 0 Å². The highest BCUT2D eigenvalue weighted by atomic mass is 32.2. The van der Waals surface area contributed by atoms with Gasteiger partial charge in [0.15, 0.2) is 0 Å². The smallest absolute Gasteiger partial charge is 0.352 e. The molecule has 0 unspecified atom stereocenters. The predicted molar refractivity (Wildman–Crippen MR) is 73.1 cm³/mol. The molecule has 0 bridgehead atoms. The van der Waals surface area contributed by atoms with Crippen molar-refractivity contribution >= 4 is 16.0 Å². The van der Waals surface area contributed by atoms with Crippen molar-refractivity contribution in [2.45, 2.75) is 24.9 Å². The van der Waals surface area contributed by atoms with Gasteiger partial charge >= 0.3 is 5.97 Å². The van der Waals surface area contributed by atoms with E-state index >= 15 is 0 Å². The molecule has 0 aromatic carbocycles. The Bertz CT molecular complexity index is 740. The standard InChI is InChI=1S/C12H14N4O4S/c1-2-16-8-10(6-11(16)12(17)18)21(19,20)14-7-9-4-3-5-13-15-9/h3-6,8,14H,2,7H2,1H3,(H,17,18). The first-order chi connectivity index (χ1) is 9.94. The maximum atomic E-state index is 12.1. The zero-order valence-corrected chi connectivity index (χ0v) is 12.0. The average Bonchev–Trinajstić information content (AvgIpc) is 2.92. The molecule has 112 valence electrons. The first-order valence-electron chi connectivity index (χ1n) is 6.13. The second kappa shape index (κ2) is 6.02. The third-order valence-corrected chi connectivity index (χ3v) is 4.18. The Labute approximate surface area is 121 Å². The van der Waals surface area contributed by atoms with E-state index in [0.29, 0.717) is 12.2 Å². The monoisotopic (exact) mass is 310 g/mol. The molecule has 9 heteroatoms. The second-order valence-electron chi connectivity index (χ2n) is 4.19. The summed E-state index contributed by atoms with van der Waals surface area (Å²) in [5.74, 6) is -1.17. The first-order valence-corrected chi connectivity index (χ1v) is 7.62. The van der Waals surface area contributed by atoms with Gasteiger partial charge in [0, 0.05) is 18.9 Å². The van der Waals surface area contributed by atoms with E-state index in [1.165, 1.54) is 17.0 Å². The number of hydrogen-bond donors (Lipinski definition) is 2. The molecule has 0 aliphatic rings. The number of rotatable bonds is 6. The molecule has 0 saturated heterocycles. The molecule has 2 N–H and O–H groups in total. The fourth-order valence-electron chi connectivity index (χ4n) is 1.75. The highest BCUT2D eigenvalue weighted by Crippen LogP contribution is 2.15. The molecule has 2 heterocycles. The fraction of sp³-hybridized carbons (Fsp3) is 0.250. The molecule has 0 radical (unpaired) electrons. The third kappa shape index (κ3) is 3.44. The minimum absolute atomic E-state index is 0.0180. The molecule has 0 saturated carbocycles. The van der Waals surface area contributed by atoms with E-state index in [4.69, 9.17) is 5.11 Å². The number of sulfonamides is 1. The summed E-state index contributed by atoms with van der Waals surface area (Å²) in [7, 11) is -3.81. The fourth-order valence-corrected chi connectivity index (χ4v) is 2.79. The number of carboxylic acid groups (broad SMARTS) is 1. The quantitative estimate of drug-likeness (QED) is 0.802. The molecule has 21 heavy (non-hydrogen) atoms. The SMILES string of the molecule is CCn1cc(S(=O)(=O)NCc2cccnn2)cc1C(=O)O. The van der Waals surface area contributed by atoms with Crippen LogP contribution in [0.5, 0.6) is 0 Å². The van der Waals surface area contributed by atoms with Crippen LogP contribution in [-0.2, 0) is 23.1 Å². The van der Waals surface area contributed by atoms with Crippen LogP contribution in [0.4, 0.5) is 0 Å². The molecule has 2 rings (SSSR count). The zero-order valence-electron chi connectivity index (χ0n) is 11.2. The van der Waals surface area contributed by atoms with E-state index in [1.54, 1.807) is 19.1 Å². The van der Waals surface area contributed by atoms with Crippen molar-refractivity contribution in [3.05, 3.63) is 42.0 Å². The summed E-state index contributed by atoms with van der Waals surface area (Å²) in [6.07, 6.45) is 2.78. The van der Waals surface area contributed by atoms with Crippen molar-refractivity contribution in [1.82, 2.24) is 19.5 Å². The van der Waals surface area contributed by atoms with E-state index in [9.17, 15) is 13.2 Å². The molecule has 2 aromatic heterocycles. The highest BCUT2D eigenvalue weighted by molar-refractivity contribution is 7.89. The van der Waals surface area contributed by atoms with Gasteiger partial charge in [-0.2, -0.15) is 10.2 Å². The lowest BCUT2D eigenvalue weighted by atomic mass is 10.4. The van der Waals surface area contributed by atoms with Crippen molar-refractivity contribution in [3.8, 4) is 0 Å². The Morgan fingerprint density at radius 2 is 2.24 bits per heavy atom. The van der Waals surface area contributed by atoms with Gasteiger partial charge in [0.05, 0.1) is 12.2 Å². The van der Waals surface area contributed by atoms with E-state index in [0.717, 1.165) is 6.07 Å². The number of aromatic carboxylic acids is 1. The van der Waals surface area contributed by atoms with Gasteiger partial charge in [-0.25, -0.2) is 17.9 Å². The number of hydrogen-bond acceptors (Lipinski definition) is 5. The Kier molecular flexibility index (Phi) is 4.34. The van der Waals surface area contributed by atoms with Gasteiger partial charge in [-0.3, -0.25) is 0 Å². The summed E-state index contributed by atoms with van der Waals surface area (Å²) >= 11 is 0. The van der Waals surface area contributed by atoms with Crippen LogP contribution < -0.4 is 4.72 Å². The number of carboxylic acids is 1. The Balaban J connectivity index is 2.22. The summed E-state index contributed by atoms with van der Waals surface area (Å²) in [6, 6.07) is 4.41. The summed E-state index contributed by atoms with van der Waals surface area (Å²) in [4.78, 5) is 11.0. The second-order valence-corrected chi connectivity index (χ2v) is 5.96.